The maximum absolute atomic E-state index is 11.2. The number of aryl methyl sites for hydroxylation is 1. The van der Waals surface area contributed by atoms with Gasteiger partial charge >= 0.3 is 5.97 Å². The Morgan fingerprint density at radius 3 is 2.88 bits per heavy atom. The summed E-state index contributed by atoms with van der Waals surface area (Å²) in [4.78, 5) is 19.3. The molecule has 2 heterocycles. The van der Waals surface area contributed by atoms with Gasteiger partial charge in [-0.2, -0.15) is 0 Å². The molecule has 2 aromatic heterocycles. The van der Waals surface area contributed by atoms with Gasteiger partial charge in [0, 0.05) is 6.20 Å². The zero-order valence-corrected chi connectivity index (χ0v) is 10.8. The molecule has 0 saturated heterocycles. The molecule has 0 aliphatic heterocycles. The molecule has 0 aromatic carbocycles. The number of rotatable bonds is 2. The molecule has 0 bridgehead atoms. The van der Waals surface area contributed by atoms with Gasteiger partial charge in [-0.1, -0.05) is 0 Å². The summed E-state index contributed by atoms with van der Waals surface area (Å²) in [6.07, 6.45) is 3.12. The predicted molar refractivity (Wildman–Crippen MR) is 62.9 cm³/mol. The molecule has 0 N–H and O–H groups in total. The van der Waals surface area contributed by atoms with Crippen molar-refractivity contribution >= 4 is 21.9 Å². The van der Waals surface area contributed by atoms with E-state index in [1.54, 1.807) is 6.20 Å². The monoisotopic (exact) mass is 296 g/mol. The normalized spacial score (nSPS) is 10.3. The summed E-state index contributed by atoms with van der Waals surface area (Å²) in [5.41, 5.74) is 1.02. The zero-order chi connectivity index (χ0) is 12.4. The van der Waals surface area contributed by atoms with Gasteiger partial charge in [-0.15, -0.1) is 5.10 Å². The molecule has 0 spiro atoms. The average Bonchev–Trinajstić information content (AvgIpc) is 2.77. The SMILES string of the molecule is COC(=O)c1ncn(-c2ncc(C)cc2Br)n1. The Morgan fingerprint density at radius 2 is 2.24 bits per heavy atom. The predicted octanol–water partition coefficient (Wildman–Crippen LogP) is 1.52. The highest BCUT2D eigenvalue weighted by Gasteiger charge is 2.13. The average molecular weight is 297 g/mol. The van der Waals surface area contributed by atoms with Gasteiger partial charge in [0.2, 0.25) is 0 Å². The Hall–Kier alpha value is -1.76. The number of methoxy groups -OCH3 is 1. The third-order valence-corrected chi connectivity index (χ3v) is 2.62. The molecule has 7 heteroatoms. The lowest BCUT2D eigenvalue weighted by atomic mass is 10.3. The van der Waals surface area contributed by atoms with Crippen LogP contribution in [0.3, 0.4) is 0 Å². The molecule has 0 atom stereocenters. The number of carbonyl (C=O) groups is 1. The van der Waals surface area contributed by atoms with Crippen molar-refractivity contribution in [3.63, 3.8) is 0 Å². The molecule has 0 radical (unpaired) electrons. The van der Waals surface area contributed by atoms with E-state index >= 15 is 0 Å². The smallest absolute Gasteiger partial charge is 0.377 e. The molecule has 17 heavy (non-hydrogen) atoms. The summed E-state index contributed by atoms with van der Waals surface area (Å²) in [6, 6.07) is 1.90. The van der Waals surface area contributed by atoms with Gasteiger partial charge in [0.15, 0.2) is 5.82 Å². The lowest BCUT2D eigenvalue weighted by Crippen LogP contribution is -2.06. The van der Waals surface area contributed by atoms with Crippen LogP contribution < -0.4 is 0 Å². The highest BCUT2D eigenvalue weighted by atomic mass is 79.9. The number of ether oxygens (including phenoxy) is 1. The maximum Gasteiger partial charge on any atom is 0.377 e. The number of aromatic nitrogens is 4. The van der Waals surface area contributed by atoms with E-state index in [2.05, 4.69) is 35.7 Å². The van der Waals surface area contributed by atoms with Gasteiger partial charge in [-0.25, -0.2) is 19.4 Å². The minimum atomic E-state index is -0.577. The Balaban J connectivity index is 2.40. The van der Waals surface area contributed by atoms with Crippen molar-refractivity contribution in [3.05, 3.63) is 34.5 Å². The van der Waals surface area contributed by atoms with Crippen LogP contribution in [0.25, 0.3) is 5.82 Å². The molecular weight excluding hydrogens is 288 g/mol. The summed E-state index contributed by atoms with van der Waals surface area (Å²) >= 11 is 3.38. The number of esters is 1. The standard InChI is InChI=1S/C10H9BrN4O2/c1-6-3-7(11)9(12-4-6)15-5-13-8(14-15)10(16)17-2/h3-5H,1-2H3. The van der Waals surface area contributed by atoms with Crippen molar-refractivity contribution in [2.45, 2.75) is 6.92 Å². The van der Waals surface area contributed by atoms with E-state index in [0.29, 0.717) is 5.82 Å². The summed E-state index contributed by atoms with van der Waals surface area (Å²) in [7, 11) is 1.28. The van der Waals surface area contributed by atoms with Crippen LogP contribution in [-0.4, -0.2) is 32.8 Å². The summed E-state index contributed by atoms with van der Waals surface area (Å²) in [6.45, 7) is 1.93. The summed E-state index contributed by atoms with van der Waals surface area (Å²) in [5, 5.41) is 3.98. The number of halogens is 1. The minimum Gasteiger partial charge on any atom is -0.463 e. The molecule has 0 amide bonds. The van der Waals surface area contributed by atoms with Crippen molar-refractivity contribution in [2.75, 3.05) is 7.11 Å². The molecule has 2 aromatic rings. The van der Waals surface area contributed by atoms with Gasteiger partial charge in [-0.3, -0.25) is 0 Å². The largest absolute Gasteiger partial charge is 0.463 e. The first-order chi connectivity index (χ1) is 8.11. The second-order valence-corrected chi connectivity index (χ2v) is 4.18. The zero-order valence-electron chi connectivity index (χ0n) is 9.22. The molecule has 6 nitrogen and oxygen atoms in total. The number of hydrogen-bond acceptors (Lipinski definition) is 5. The third kappa shape index (κ3) is 2.33. The first-order valence-electron chi connectivity index (χ1n) is 4.74. The van der Waals surface area contributed by atoms with Crippen molar-refractivity contribution in [1.29, 1.82) is 0 Å². The summed E-state index contributed by atoms with van der Waals surface area (Å²) in [5.74, 6) is -0.00740. The highest BCUT2D eigenvalue weighted by Crippen LogP contribution is 2.18. The Bertz CT molecular complexity index is 567. The molecule has 2 rings (SSSR count). The summed E-state index contributed by atoms with van der Waals surface area (Å²) < 4.78 is 6.71. The third-order valence-electron chi connectivity index (χ3n) is 2.04. The Labute approximate surface area is 106 Å². The van der Waals surface area contributed by atoms with Crippen LogP contribution in [0, 0.1) is 6.92 Å². The van der Waals surface area contributed by atoms with E-state index in [4.69, 9.17) is 0 Å². The van der Waals surface area contributed by atoms with Crippen LogP contribution in [0.1, 0.15) is 16.2 Å². The second-order valence-electron chi connectivity index (χ2n) is 3.32. The van der Waals surface area contributed by atoms with Crippen LogP contribution in [-0.2, 0) is 4.74 Å². The highest BCUT2D eigenvalue weighted by molar-refractivity contribution is 9.10. The van der Waals surface area contributed by atoms with Crippen molar-refractivity contribution in [1.82, 2.24) is 19.7 Å². The molecular formula is C10H9BrN4O2. The fourth-order valence-corrected chi connectivity index (χ4v) is 1.89. The molecule has 0 unspecified atom stereocenters. The van der Waals surface area contributed by atoms with E-state index in [-0.39, 0.29) is 5.82 Å². The first kappa shape index (κ1) is 11.7. The van der Waals surface area contributed by atoms with Gasteiger partial charge < -0.3 is 4.74 Å². The lowest BCUT2D eigenvalue weighted by molar-refractivity contribution is 0.0587. The van der Waals surface area contributed by atoms with E-state index in [1.807, 2.05) is 13.0 Å². The molecule has 88 valence electrons. The van der Waals surface area contributed by atoms with Crippen molar-refractivity contribution in [3.8, 4) is 5.82 Å². The molecule has 0 aliphatic rings. The van der Waals surface area contributed by atoms with E-state index in [1.165, 1.54) is 18.1 Å². The Kier molecular flexibility index (Phi) is 3.19. The number of pyridine rings is 1. The fraction of sp³-hybridized carbons (Fsp3) is 0.200. The van der Waals surface area contributed by atoms with Crippen LogP contribution in [0.15, 0.2) is 23.1 Å². The quantitative estimate of drug-likeness (QED) is 0.786. The molecule has 0 aliphatic carbocycles. The Morgan fingerprint density at radius 1 is 1.47 bits per heavy atom. The number of hydrogen-bond donors (Lipinski definition) is 0. The van der Waals surface area contributed by atoms with Crippen LogP contribution in [0.2, 0.25) is 0 Å². The van der Waals surface area contributed by atoms with Gasteiger partial charge in [-0.05, 0) is 34.5 Å². The van der Waals surface area contributed by atoms with E-state index < -0.39 is 5.97 Å². The second kappa shape index (κ2) is 4.62. The van der Waals surface area contributed by atoms with Crippen molar-refractivity contribution < 1.29 is 9.53 Å². The van der Waals surface area contributed by atoms with Gasteiger partial charge in [0.05, 0.1) is 11.6 Å². The van der Waals surface area contributed by atoms with E-state index in [9.17, 15) is 4.79 Å². The van der Waals surface area contributed by atoms with Crippen LogP contribution in [0.5, 0.6) is 0 Å². The van der Waals surface area contributed by atoms with Gasteiger partial charge in [0.25, 0.3) is 5.82 Å². The van der Waals surface area contributed by atoms with Crippen LogP contribution in [0.4, 0.5) is 0 Å². The first-order valence-corrected chi connectivity index (χ1v) is 5.53. The lowest BCUT2D eigenvalue weighted by Gasteiger charge is -2.02. The maximum atomic E-state index is 11.2. The van der Waals surface area contributed by atoms with E-state index in [0.717, 1.165) is 10.0 Å². The van der Waals surface area contributed by atoms with Crippen LogP contribution >= 0.6 is 15.9 Å². The topological polar surface area (TPSA) is 69.9 Å². The molecule has 0 saturated carbocycles. The number of nitrogens with zero attached hydrogens (tertiary/aromatic N) is 4. The van der Waals surface area contributed by atoms with Gasteiger partial charge in [0.1, 0.15) is 6.33 Å². The van der Waals surface area contributed by atoms with Crippen molar-refractivity contribution in [2.24, 2.45) is 0 Å². The number of carbonyl (C=O) groups excluding carboxylic acids is 1. The fourth-order valence-electron chi connectivity index (χ4n) is 1.24. The minimum absolute atomic E-state index is 0.00164. The molecule has 0 fully saturated rings.